The molecule has 2 bridgehead atoms. The van der Waals surface area contributed by atoms with E-state index in [2.05, 4.69) is 6.92 Å². The van der Waals surface area contributed by atoms with Crippen LogP contribution in [0.2, 0.25) is 0 Å². The van der Waals surface area contributed by atoms with Crippen LogP contribution in [0.3, 0.4) is 0 Å². The van der Waals surface area contributed by atoms with Gasteiger partial charge in [-0.2, -0.15) is 0 Å². The molecule has 33 heavy (non-hydrogen) atoms. The molecule has 0 aromatic rings. The van der Waals surface area contributed by atoms with Crippen LogP contribution < -0.4 is 0 Å². The lowest BCUT2D eigenvalue weighted by Gasteiger charge is -2.59. The van der Waals surface area contributed by atoms with Crippen LogP contribution in [0.15, 0.2) is 23.3 Å². The smallest absolute Gasteiger partial charge is 0.182 e. The molecule has 1 heterocycles. The zero-order valence-electron chi connectivity index (χ0n) is 21.2. The zero-order valence-corrected chi connectivity index (χ0v) is 21.2. The van der Waals surface area contributed by atoms with E-state index in [9.17, 15) is 15.0 Å². The summed E-state index contributed by atoms with van der Waals surface area (Å²) >= 11 is 0. The van der Waals surface area contributed by atoms with E-state index in [0.717, 1.165) is 0 Å². The average Bonchev–Trinajstić information content (AvgIpc) is 3.47. The highest BCUT2D eigenvalue weighted by molar-refractivity contribution is 6.07. The molecule has 2 N–H and O–H groups in total. The summed E-state index contributed by atoms with van der Waals surface area (Å²) in [5.41, 5.74) is -3.00. The third-order valence-electron chi connectivity index (χ3n) is 8.60. The van der Waals surface area contributed by atoms with Gasteiger partial charge in [0.2, 0.25) is 0 Å². The molecule has 1 spiro atoms. The van der Waals surface area contributed by atoms with Crippen LogP contribution in [0.5, 0.6) is 0 Å². The van der Waals surface area contributed by atoms with Crippen LogP contribution >= 0.6 is 0 Å². The number of carbonyl (C=O) groups excluding carboxylic acids is 1. The molecule has 0 aromatic carbocycles. The summed E-state index contributed by atoms with van der Waals surface area (Å²) in [6.07, 6.45) is 2.64. The van der Waals surface area contributed by atoms with Crippen molar-refractivity contribution in [1.29, 1.82) is 0 Å². The van der Waals surface area contributed by atoms with Gasteiger partial charge in [0.15, 0.2) is 5.78 Å². The van der Waals surface area contributed by atoms with Crippen LogP contribution in [0.1, 0.15) is 61.3 Å². The molecular formula is C26H40O7. The minimum absolute atomic E-state index is 0.0130. The maximum Gasteiger partial charge on any atom is 0.182 e. The van der Waals surface area contributed by atoms with Crippen molar-refractivity contribution in [3.8, 4) is 0 Å². The third-order valence-corrected chi connectivity index (χ3v) is 8.60. The van der Waals surface area contributed by atoms with Gasteiger partial charge >= 0.3 is 0 Å². The molecule has 0 unspecified atom stereocenters. The second-order valence-corrected chi connectivity index (χ2v) is 12.1. The largest absolute Gasteiger partial charge is 0.390 e. The minimum atomic E-state index is -1.42. The second-order valence-electron chi connectivity index (χ2n) is 12.1. The highest BCUT2D eigenvalue weighted by Gasteiger charge is 2.70. The van der Waals surface area contributed by atoms with Gasteiger partial charge in [-0.1, -0.05) is 26.8 Å². The number of aliphatic hydroxyl groups is 2. The number of hydrogen-bond donors (Lipinski definition) is 2. The van der Waals surface area contributed by atoms with Crippen molar-refractivity contribution >= 4 is 5.78 Å². The average molecular weight is 465 g/mol. The van der Waals surface area contributed by atoms with Gasteiger partial charge in [-0.25, -0.2) is 0 Å². The predicted molar refractivity (Wildman–Crippen MR) is 122 cm³/mol. The quantitative estimate of drug-likeness (QED) is 0.488. The Labute approximate surface area is 197 Å². The standard InChI is InChI=1S/C26H40O7/c1-15-9-17(27)16-10-18-24(7,12-21(31-14-30-8)26(15,29)23(16,5)6)20(33-22(2,3)4)11-19(28)25(18)13-32-25/h9-10,18-21,28-29H,11-14H2,1-8H3/b16-10-/t18-,19+,20+,21-,24+,25-,26+/m1/s1. The van der Waals surface area contributed by atoms with Crippen molar-refractivity contribution in [1.82, 2.24) is 0 Å². The summed E-state index contributed by atoms with van der Waals surface area (Å²) in [4.78, 5) is 13.3. The molecule has 7 heteroatoms. The van der Waals surface area contributed by atoms with Crippen LogP contribution in [0.25, 0.3) is 0 Å². The summed E-state index contributed by atoms with van der Waals surface area (Å²) < 4.78 is 23.9. The fraction of sp³-hybridized carbons (Fsp3) is 0.808. The van der Waals surface area contributed by atoms with E-state index in [4.69, 9.17) is 18.9 Å². The van der Waals surface area contributed by atoms with Crippen LogP contribution in [-0.4, -0.2) is 71.6 Å². The van der Waals surface area contributed by atoms with E-state index < -0.39 is 39.8 Å². The molecule has 186 valence electrons. The first kappa shape index (κ1) is 25.0. The molecular weight excluding hydrogens is 424 g/mol. The first-order valence-corrected chi connectivity index (χ1v) is 11.9. The fourth-order valence-electron chi connectivity index (χ4n) is 6.67. The molecule has 7 atom stereocenters. The third kappa shape index (κ3) is 3.58. The Bertz CT molecular complexity index is 878. The van der Waals surface area contributed by atoms with Gasteiger partial charge in [0.1, 0.15) is 18.0 Å². The Morgan fingerprint density at radius 1 is 1.21 bits per heavy atom. The number of carbonyl (C=O) groups is 1. The van der Waals surface area contributed by atoms with Gasteiger partial charge in [-0.05, 0) is 45.8 Å². The van der Waals surface area contributed by atoms with E-state index in [-0.39, 0.29) is 24.6 Å². The number of ketones is 1. The summed E-state index contributed by atoms with van der Waals surface area (Å²) in [6.45, 7) is 14.1. The van der Waals surface area contributed by atoms with E-state index in [1.807, 2.05) is 40.7 Å². The lowest BCUT2D eigenvalue weighted by atomic mass is 9.50. The first-order valence-electron chi connectivity index (χ1n) is 11.9. The number of methoxy groups -OCH3 is 1. The van der Waals surface area contributed by atoms with Crippen LogP contribution in [0, 0.1) is 16.7 Å². The molecule has 4 rings (SSSR count). The number of ether oxygens (including phenoxy) is 4. The molecule has 7 nitrogen and oxygen atoms in total. The van der Waals surface area contributed by atoms with E-state index >= 15 is 0 Å². The topological polar surface area (TPSA) is 97.8 Å². The normalized spacial score (nSPS) is 46.1. The SMILES string of the molecule is COCO[C@@H]1C[C@]2(C)[C@@H](OC(C)(C)C)C[C@H](O)[C@@]3(CO3)[C@@H]2/C=C2/C(=O)C=C(C)[C@@]1(O)C2(C)C. The number of allylic oxidation sites excluding steroid dienone is 1. The van der Waals surface area contributed by atoms with Gasteiger partial charge in [0.05, 0.1) is 30.5 Å². The monoisotopic (exact) mass is 464 g/mol. The maximum atomic E-state index is 13.3. The molecule has 4 aliphatic rings. The summed E-state index contributed by atoms with van der Waals surface area (Å²) in [7, 11) is 1.55. The van der Waals surface area contributed by atoms with E-state index in [1.165, 1.54) is 6.08 Å². The van der Waals surface area contributed by atoms with Crippen molar-refractivity contribution in [2.24, 2.45) is 16.7 Å². The highest BCUT2D eigenvalue weighted by Crippen LogP contribution is 2.63. The first-order chi connectivity index (χ1) is 15.1. The van der Waals surface area contributed by atoms with Gasteiger partial charge in [0.25, 0.3) is 0 Å². The van der Waals surface area contributed by atoms with Crippen LogP contribution in [-0.2, 0) is 23.7 Å². The number of aliphatic hydroxyl groups excluding tert-OH is 1. The summed E-state index contributed by atoms with van der Waals surface area (Å²) in [5, 5.41) is 23.4. The Hall–Kier alpha value is -1.09. The predicted octanol–water partition coefficient (Wildman–Crippen LogP) is 2.93. The minimum Gasteiger partial charge on any atom is -0.390 e. The zero-order chi connectivity index (χ0) is 24.6. The van der Waals surface area contributed by atoms with Crippen molar-refractivity contribution < 1.29 is 34.0 Å². The van der Waals surface area contributed by atoms with Gasteiger partial charge in [-0.3, -0.25) is 4.79 Å². The molecule has 2 fully saturated rings. The van der Waals surface area contributed by atoms with E-state index in [1.54, 1.807) is 14.0 Å². The molecule has 1 saturated carbocycles. The van der Waals surface area contributed by atoms with Gasteiger partial charge in [-0.15, -0.1) is 0 Å². The van der Waals surface area contributed by atoms with Crippen LogP contribution in [0.4, 0.5) is 0 Å². The molecule has 0 amide bonds. The van der Waals surface area contributed by atoms with E-state index in [0.29, 0.717) is 30.6 Å². The summed E-state index contributed by atoms with van der Waals surface area (Å²) in [5.74, 6) is -0.412. The van der Waals surface area contributed by atoms with Crippen molar-refractivity contribution in [2.45, 2.75) is 96.4 Å². The van der Waals surface area contributed by atoms with Crippen molar-refractivity contribution in [2.75, 3.05) is 20.5 Å². The summed E-state index contributed by atoms with van der Waals surface area (Å²) in [6, 6.07) is 0. The number of hydrogen-bond acceptors (Lipinski definition) is 7. The lowest BCUT2D eigenvalue weighted by Crippen LogP contribution is -2.66. The van der Waals surface area contributed by atoms with Gasteiger partial charge in [0, 0.05) is 35.9 Å². The van der Waals surface area contributed by atoms with Gasteiger partial charge < -0.3 is 29.2 Å². The molecule has 1 aliphatic heterocycles. The second kappa shape index (κ2) is 7.70. The lowest BCUT2D eigenvalue weighted by molar-refractivity contribution is -0.227. The fourth-order valence-corrected chi connectivity index (χ4v) is 6.67. The highest BCUT2D eigenvalue weighted by atomic mass is 16.7. The number of epoxide rings is 1. The molecule has 0 radical (unpaired) electrons. The molecule has 3 aliphatic carbocycles. The maximum absolute atomic E-state index is 13.3. The Balaban J connectivity index is 1.95. The number of fused-ring (bicyclic) bond motifs is 4. The molecule has 1 saturated heterocycles. The van der Waals surface area contributed by atoms with Crippen molar-refractivity contribution in [3.05, 3.63) is 23.3 Å². The Kier molecular flexibility index (Phi) is 5.84. The Morgan fingerprint density at radius 2 is 1.85 bits per heavy atom. The number of rotatable bonds is 4. The van der Waals surface area contributed by atoms with Crippen molar-refractivity contribution in [3.63, 3.8) is 0 Å². The molecule has 0 aromatic heterocycles. The Morgan fingerprint density at radius 3 is 2.39 bits per heavy atom.